The van der Waals surface area contributed by atoms with Crippen molar-refractivity contribution in [2.45, 2.75) is 32.6 Å². The number of aryl methyl sites for hydroxylation is 3. The van der Waals surface area contributed by atoms with Crippen LogP contribution in [-0.2, 0) is 24.7 Å². The second kappa shape index (κ2) is 8.16. The zero-order valence-corrected chi connectivity index (χ0v) is 17.3. The van der Waals surface area contributed by atoms with Gasteiger partial charge in [0.15, 0.2) is 0 Å². The van der Waals surface area contributed by atoms with Crippen LogP contribution in [0.25, 0.3) is 16.0 Å². The molecule has 0 fully saturated rings. The number of nitrogens with zero attached hydrogens (tertiary/aromatic N) is 4. The summed E-state index contributed by atoms with van der Waals surface area (Å²) in [6, 6.07) is 10.3. The summed E-state index contributed by atoms with van der Waals surface area (Å²) >= 11 is 1.42. The van der Waals surface area contributed by atoms with Gasteiger partial charge in [0.2, 0.25) is 11.7 Å². The molecule has 3 heterocycles. The van der Waals surface area contributed by atoms with Crippen molar-refractivity contribution in [2.24, 2.45) is 7.05 Å². The third kappa shape index (κ3) is 3.93. The summed E-state index contributed by atoms with van der Waals surface area (Å²) in [5.41, 5.74) is 3.22. The Bertz CT molecular complexity index is 1220. The van der Waals surface area contributed by atoms with E-state index in [9.17, 15) is 9.59 Å². The molecule has 1 N–H and O–H groups in total. The number of fused-ring (bicyclic) bond motifs is 3. The molecule has 0 spiro atoms. The van der Waals surface area contributed by atoms with Gasteiger partial charge < -0.3 is 5.32 Å². The summed E-state index contributed by atoms with van der Waals surface area (Å²) in [4.78, 5) is 24.5. The summed E-state index contributed by atoms with van der Waals surface area (Å²) < 4.78 is 4.13. The van der Waals surface area contributed by atoms with Crippen LogP contribution in [0.4, 0.5) is 0 Å². The van der Waals surface area contributed by atoms with Crippen molar-refractivity contribution < 1.29 is 4.79 Å². The molecule has 0 bridgehead atoms. The summed E-state index contributed by atoms with van der Waals surface area (Å²) in [6.45, 7) is 2.69. The van der Waals surface area contributed by atoms with Gasteiger partial charge in [-0.3, -0.25) is 18.6 Å². The lowest BCUT2D eigenvalue weighted by molar-refractivity contribution is -0.121. The maximum absolute atomic E-state index is 12.4. The molecule has 0 radical (unpaired) electrons. The standard InChI is InChI=1S/C21H23N5O2S/c1-14-6-8-15(9-7-14)10-12-22-18(27)5-3-4-17-23-24-21-25(2)20(28)19-16(26(17)21)11-13-29-19/h6-9,11,13H,3-5,10,12H2,1-2H3,(H,22,27). The number of rotatable bonds is 7. The first kappa shape index (κ1) is 19.3. The Balaban J connectivity index is 1.35. The number of aromatic nitrogens is 4. The van der Waals surface area contributed by atoms with Crippen LogP contribution in [0, 0.1) is 6.92 Å². The van der Waals surface area contributed by atoms with E-state index >= 15 is 0 Å². The number of thiophene rings is 1. The van der Waals surface area contributed by atoms with Crippen LogP contribution >= 0.6 is 11.3 Å². The topological polar surface area (TPSA) is 81.3 Å². The number of carbonyl (C=O) groups is 1. The summed E-state index contributed by atoms with van der Waals surface area (Å²) in [6.07, 6.45) is 2.55. The van der Waals surface area contributed by atoms with Crippen molar-refractivity contribution in [3.05, 3.63) is 63.0 Å². The van der Waals surface area contributed by atoms with Crippen LogP contribution in [0.3, 0.4) is 0 Å². The average molecular weight is 410 g/mol. The molecule has 7 nitrogen and oxygen atoms in total. The highest BCUT2D eigenvalue weighted by molar-refractivity contribution is 7.17. The highest BCUT2D eigenvalue weighted by atomic mass is 32.1. The molecule has 0 saturated heterocycles. The normalized spacial score (nSPS) is 11.4. The largest absolute Gasteiger partial charge is 0.356 e. The zero-order chi connectivity index (χ0) is 20.4. The number of benzene rings is 1. The van der Waals surface area contributed by atoms with Crippen LogP contribution < -0.4 is 10.9 Å². The zero-order valence-electron chi connectivity index (χ0n) is 16.5. The lowest BCUT2D eigenvalue weighted by Crippen LogP contribution is -2.25. The van der Waals surface area contributed by atoms with Gasteiger partial charge in [0.05, 0.1) is 5.52 Å². The van der Waals surface area contributed by atoms with E-state index in [1.807, 2.05) is 15.8 Å². The van der Waals surface area contributed by atoms with Crippen molar-refractivity contribution in [2.75, 3.05) is 6.54 Å². The van der Waals surface area contributed by atoms with Gasteiger partial charge in [-0.15, -0.1) is 21.5 Å². The van der Waals surface area contributed by atoms with Crippen LogP contribution in [-0.4, -0.2) is 31.6 Å². The van der Waals surface area contributed by atoms with Crippen molar-refractivity contribution in [1.29, 1.82) is 0 Å². The minimum absolute atomic E-state index is 0.0408. The van der Waals surface area contributed by atoms with Crippen molar-refractivity contribution in [3.8, 4) is 0 Å². The molecule has 0 saturated carbocycles. The van der Waals surface area contributed by atoms with E-state index in [0.717, 1.165) is 17.8 Å². The van der Waals surface area contributed by atoms with Gasteiger partial charge in [-0.25, -0.2) is 0 Å². The van der Waals surface area contributed by atoms with E-state index in [1.54, 1.807) is 7.05 Å². The highest BCUT2D eigenvalue weighted by Gasteiger charge is 2.15. The molecule has 4 rings (SSSR count). The van der Waals surface area contributed by atoms with Gasteiger partial charge in [-0.2, -0.15) is 0 Å². The Kier molecular flexibility index (Phi) is 5.44. The number of nitrogens with one attached hydrogen (secondary N) is 1. The monoisotopic (exact) mass is 409 g/mol. The number of amides is 1. The minimum Gasteiger partial charge on any atom is -0.356 e. The van der Waals surface area contributed by atoms with Crippen LogP contribution in [0.15, 0.2) is 40.5 Å². The van der Waals surface area contributed by atoms with E-state index in [2.05, 4.69) is 46.7 Å². The van der Waals surface area contributed by atoms with Crippen LogP contribution in [0.2, 0.25) is 0 Å². The third-order valence-electron chi connectivity index (χ3n) is 5.06. The fourth-order valence-corrected chi connectivity index (χ4v) is 4.26. The molecule has 0 unspecified atom stereocenters. The molecular formula is C21H23N5O2S. The Morgan fingerprint density at radius 1 is 1.14 bits per heavy atom. The Morgan fingerprint density at radius 3 is 2.72 bits per heavy atom. The van der Waals surface area contributed by atoms with Gasteiger partial charge in [0, 0.05) is 26.4 Å². The molecule has 0 aliphatic carbocycles. The van der Waals surface area contributed by atoms with Crippen molar-refractivity contribution in [1.82, 2.24) is 24.5 Å². The number of carbonyl (C=O) groups excluding carboxylic acids is 1. The van der Waals surface area contributed by atoms with Gasteiger partial charge in [-0.05, 0) is 36.8 Å². The number of hydrogen-bond acceptors (Lipinski definition) is 5. The van der Waals surface area contributed by atoms with Gasteiger partial charge >= 0.3 is 0 Å². The molecule has 1 aromatic carbocycles. The Morgan fingerprint density at radius 2 is 1.93 bits per heavy atom. The SMILES string of the molecule is Cc1ccc(CCNC(=O)CCCc2nnc3n(C)c(=O)c4sccc4n23)cc1. The van der Waals surface area contributed by atoms with Gasteiger partial charge in [0.25, 0.3) is 5.56 Å². The summed E-state index contributed by atoms with van der Waals surface area (Å²) in [5.74, 6) is 1.34. The first-order valence-corrected chi connectivity index (χ1v) is 10.5. The maximum Gasteiger partial charge on any atom is 0.272 e. The first-order chi connectivity index (χ1) is 14.0. The molecule has 29 heavy (non-hydrogen) atoms. The van der Waals surface area contributed by atoms with Gasteiger partial charge in [0.1, 0.15) is 10.5 Å². The van der Waals surface area contributed by atoms with Crippen LogP contribution in [0.5, 0.6) is 0 Å². The highest BCUT2D eigenvalue weighted by Crippen LogP contribution is 2.19. The number of hydrogen-bond donors (Lipinski definition) is 1. The fourth-order valence-electron chi connectivity index (χ4n) is 3.41. The molecule has 3 aromatic heterocycles. The summed E-state index contributed by atoms with van der Waals surface area (Å²) in [7, 11) is 1.71. The van der Waals surface area contributed by atoms with Crippen molar-refractivity contribution in [3.63, 3.8) is 0 Å². The minimum atomic E-state index is -0.0607. The lowest BCUT2D eigenvalue weighted by atomic mass is 10.1. The average Bonchev–Trinajstić information content (AvgIpc) is 3.35. The Hall–Kier alpha value is -3.00. The first-order valence-electron chi connectivity index (χ1n) is 9.67. The molecule has 0 aliphatic rings. The van der Waals surface area contributed by atoms with E-state index < -0.39 is 0 Å². The Labute approximate surface area is 172 Å². The third-order valence-corrected chi connectivity index (χ3v) is 5.95. The molecule has 0 aliphatic heterocycles. The van der Waals surface area contributed by atoms with Crippen molar-refractivity contribution >= 4 is 33.2 Å². The van der Waals surface area contributed by atoms with Crippen LogP contribution in [0.1, 0.15) is 29.8 Å². The molecule has 8 heteroatoms. The van der Waals surface area contributed by atoms with E-state index in [1.165, 1.54) is 27.0 Å². The maximum atomic E-state index is 12.4. The molecular weight excluding hydrogens is 386 g/mol. The predicted molar refractivity (Wildman–Crippen MR) is 114 cm³/mol. The van der Waals surface area contributed by atoms with E-state index in [-0.39, 0.29) is 11.5 Å². The molecule has 150 valence electrons. The predicted octanol–water partition coefficient (Wildman–Crippen LogP) is 2.63. The second-order valence-corrected chi connectivity index (χ2v) is 8.11. The van der Waals surface area contributed by atoms with Gasteiger partial charge in [-0.1, -0.05) is 29.8 Å². The smallest absolute Gasteiger partial charge is 0.272 e. The molecule has 4 aromatic rings. The summed E-state index contributed by atoms with van der Waals surface area (Å²) in [5, 5.41) is 13.3. The van der Waals surface area contributed by atoms with E-state index in [4.69, 9.17) is 0 Å². The lowest BCUT2D eigenvalue weighted by Gasteiger charge is -2.06. The second-order valence-electron chi connectivity index (χ2n) is 7.19. The quantitative estimate of drug-likeness (QED) is 0.509. The molecule has 1 amide bonds. The molecule has 0 atom stereocenters. The fraction of sp³-hybridized carbons (Fsp3) is 0.333. The van der Waals surface area contributed by atoms with E-state index in [0.29, 0.717) is 36.3 Å².